The number of allylic oxidation sites excluding steroid dienone is 2. The summed E-state index contributed by atoms with van der Waals surface area (Å²) < 4.78 is 49.6. The van der Waals surface area contributed by atoms with Crippen LogP contribution in [0, 0.1) is 16.7 Å². The Hall–Kier alpha value is -4.08. The van der Waals surface area contributed by atoms with Crippen molar-refractivity contribution in [2.75, 3.05) is 6.61 Å². The number of fused-ring (bicyclic) bond motifs is 17. The van der Waals surface area contributed by atoms with Crippen LogP contribution in [-0.2, 0) is 57.8 Å². The second-order valence-corrected chi connectivity index (χ2v) is 40.1. The summed E-state index contributed by atoms with van der Waals surface area (Å²) in [5, 5.41) is 17.6. The standard InChI is InChI=1S/C63H95NO13Si3/c1-17-79(18-2,19-3)75-47-38-48-62(40-71-48,74-42(8)65)54-56-63(70)39-46(41(7)50(60(63,12)13)52(55(67)61(47,54)14)77-80(20-4,21-5)22-6)72-58(69)53(76-78(15,16)59(9,10)11)51(44-31-27-25-28-32-44)64-49(66)33-29-24-23-26-30-43-34-36-45(37-35-43)57(68)73-56/h23,25-28,31-32,34-37,46-48,51-54,56,70H,17-22,24,29-30,33,38-40H2,1-16H3,(H,64,66)/t46-,47+,48-,51+,52-,53+,54-,56-,61+,62+,63-/m1/s1. The Morgan fingerprint density at radius 2 is 1.41 bits per heavy atom. The maximum absolute atomic E-state index is 17.3. The van der Waals surface area contributed by atoms with Crippen molar-refractivity contribution in [2.45, 2.75) is 244 Å². The van der Waals surface area contributed by atoms with Crippen LogP contribution in [-0.4, -0.2) is 114 Å². The van der Waals surface area contributed by atoms with Crippen LogP contribution in [0.5, 0.6) is 0 Å². The first-order chi connectivity index (χ1) is 37.5. The monoisotopic (exact) mass is 1160 g/mol. The van der Waals surface area contributed by atoms with Gasteiger partial charge < -0.3 is 42.6 Å². The summed E-state index contributed by atoms with van der Waals surface area (Å²) in [6.45, 7) is 31.6. The SMILES string of the molecule is CC[Si](CC)(CC)O[C@H]1C(=O)[C@@]2(C)[C@@H](O[Si](CC)(CC)CC)C[C@H]3OC[C@@]3(OC(C)=O)[C@@H]2[C@H]2OC(=O)c3ccc(cc3)CC=CCCCC(=O)N[C@@H](c3ccccc3)[C@H](O[Si](C)(C)C(C)(C)C)C(=O)O[C@@H]3C[C@]2(O)C(C)(C)C1=C3C. The molecule has 3 aliphatic carbocycles. The molecule has 14 nitrogen and oxygen atoms in total. The molecule has 0 spiro atoms. The van der Waals surface area contributed by atoms with Crippen LogP contribution < -0.4 is 5.32 Å². The van der Waals surface area contributed by atoms with E-state index in [0.29, 0.717) is 54.1 Å². The van der Waals surface area contributed by atoms with Crippen molar-refractivity contribution in [3.05, 3.63) is 94.6 Å². The van der Waals surface area contributed by atoms with E-state index in [1.165, 1.54) is 6.92 Å². The van der Waals surface area contributed by atoms with Crippen molar-refractivity contribution < 1.29 is 61.3 Å². The molecule has 5 bridgehead atoms. The zero-order chi connectivity index (χ0) is 59.0. The molecule has 11 atom stereocenters. The lowest BCUT2D eigenvalue weighted by Crippen LogP contribution is -2.82. The molecule has 1 saturated heterocycles. The molecule has 80 heavy (non-hydrogen) atoms. The fourth-order valence-electron chi connectivity index (χ4n) is 13.7. The van der Waals surface area contributed by atoms with E-state index in [4.69, 9.17) is 32.2 Å². The Morgan fingerprint density at radius 1 is 0.812 bits per heavy atom. The summed E-state index contributed by atoms with van der Waals surface area (Å²) in [7, 11) is -8.31. The predicted molar refractivity (Wildman–Crippen MR) is 317 cm³/mol. The molecule has 2 N–H and O–H groups in total. The lowest BCUT2D eigenvalue weighted by molar-refractivity contribution is -0.344. The summed E-state index contributed by atoms with van der Waals surface area (Å²) in [4.78, 5) is 76.7. The summed E-state index contributed by atoms with van der Waals surface area (Å²) in [6.07, 6.45) is -1.40. The third-order valence-electron chi connectivity index (χ3n) is 20.5. The van der Waals surface area contributed by atoms with E-state index in [-0.39, 0.29) is 48.2 Å². The van der Waals surface area contributed by atoms with Gasteiger partial charge in [0, 0.05) is 31.6 Å². The Labute approximate surface area is 480 Å². The van der Waals surface area contributed by atoms with Gasteiger partial charge in [0.05, 0.1) is 35.6 Å². The van der Waals surface area contributed by atoms with Gasteiger partial charge in [-0.3, -0.25) is 14.4 Å². The molecule has 6 aliphatic rings. The van der Waals surface area contributed by atoms with Gasteiger partial charge in [-0.1, -0.05) is 131 Å². The quantitative estimate of drug-likeness (QED) is 0.0790. The number of amides is 1. The minimum Gasteiger partial charge on any atom is -0.456 e. The molecule has 8 rings (SSSR count). The first-order valence-corrected chi connectivity index (χ1v) is 37.8. The van der Waals surface area contributed by atoms with Gasteiger partial charge in [-0.15, -0.1) is 0 Å². The molecule has 0 unspecified atom stereocenters. The van der Waals surface area contributed by atoms with Crippen molar-refractivity contribution in [3.8, 4) is 0 Å². The van der Waals surface area contributed by atoms with E-state index in [0.717, 1.165) is 23.7 Å². The normalized spacial score (nSPS) is 31.7. The molecule has 2 aromatic rings. The average Bonchev–Trinajstić information content (AvgIpc) is 3.41. The number of ether oxygens (including phenoxy) is 4. The molecule has 0 radical (unpaired) electrons. The molecule has 0 aromatic heterocycles. The minimum absolute atomic E-state index is 0.148. The number of rotatable bonds is 14. The number of carbonyl (C=O) groups excluding carboxylic acids is 5. The van der Waals surface area contributed by atoms with Gasteiger partial charge >= 0.3 is 17.9 Å². The van der Waals surface area contributed by atoms with Crippen molar-refractivity contribution in [3.63, 3.8) is 0 Å². The van der Waals surface area contributed by atoms with Crippen molar-refractivity contribution in [1.29, 1.82) is 0 Å². The maximum atomic E-state index is 17.3. The second-order valence-electron chi connectivity index (χ2n) is 25.9. The summed E-state index contributed by atoms with van der Waals surface area (Å²) in [6, 6.07) is 19.7. The number of nitrogens with one attached hydrogen (secondary N) is 1. The number of hydrogen-bond acceptors (Lipinski definition) is 13. The van der Waals surface area contributed by atoms with E-state index < -0.39 is 113 Å². The van der Waals surface area contributed by atoms with E-state index in [9.17, 15) is 14.7 Å². The smallest absolute Gasteiger partial charge is 0.338 e. The Morgan fingerprint density at radius 3 is 1.96 bits per heavy atom. The minimum atomic E-state index is -2.88. The summed E-state index contributed by atoms with van der Waals surface area (Å²) in [5.74, 6) is -4.07. The van der Waals surface area contributed by atoms with Gasteiger partial charge in [-0.25, -0.2) is 9.59 Å². The largest absolute Gasteiger partial charge is 0.456 e. The lowest BCUT2D eigenvalue weighted by atomic mass is 9.44. The molecule has 3 aliphatic heterocycles. The number of Topliss-reactive ketones (excluding diaryl/α,β-unsaturated/α-hetero) is 1. The van der Waals surface area contributed by atoms with Gasteiger partial charge in [-0.2, -0.15) is 0 Å². The van der Waals surface area contributed by atoms with Gasteiger partial charge in [-0.05, 0) is 122 Å². The van der Waals surface area contributed by atoms with Gasteiger partial charge in [0.15, 0.2) is 42.4 Å². The van der Waals surface area contributed by atoms with Crippen LogP contribution >= 0.6 is 0 Å². The number of esters is 3. The third kappa shape index (κ3) is 11.6. The zero-order valence-corrected chi connectivity index (χ0v) is 54.0. The first-order valence-electron chi connectivity index (χ1n) is 29.9. The predicted octanol–water partition coefficient (Wildman–Crippen LogP) is 12.2. The van der Waals surface area contributed by atoms with Crippen molar-refractivity contribution >= 4 is 54.6 Å². The first kappa shape index (κ1) is 63.5. The van der Waals surface area contributed by atoms with E-state index in [2.05, 4.69) is 67.6 Å². The van der Waals surface area contributed by atoms with Crippen molar-refractivity contribution in [2.24, 2.45) is 16.7 Å². The van der Waals surface area contributed by atoms with E-state index >= 15 is 14.4 Å². The highest BCUT2D eigenvalue weighted by Gasteiger charge is 2.79. The highest BCUT2D eigenvalue weighted by Crippen LogP contribution is 2.65. The van der Waals surface area contributed by atoms with Gasteiger partial charge in [0.1, 0.15) is 30.0 Å². The summed E-state index contributed by atoms with van der Waals surface area (Å²) in [5.41, 5.74) is -4.22. The second kappa shape index (κ2) is 24.3. The van der Waals surface area contributed by atoms with Gasteiger partial charge in [0.2, 0.25) is 5.91 Å². The van der Waals surface area contributed by atoms with Crippen LogP contribution in [0.2, 0.25) is 54.4 Å². The molecule has 3 fully saturated rings. The highest BCUT2D eigenvalue weighted by atomic mass is 28.4. The van der Waals surface area contributed by atoms with Crippen LogP contribution in [0.4, 0.5) is 0 Å². The molecule has 1 amide bonds. The Kier molecular flexibility index (Phi) is 19.3. The topological polar surface area (TPSA) is 182 Å². The van der Waals surface area contributed by atoms with Crippen LogP contribution in [0.25, 0.3) is 0 Å². The molecule has 3 heterocycles. The van der Waals surface area contributed by atoms with E-state index in [1.54, 1.807) is 12.1 Å². The number of ketones is 1. The Balaban J connectivity index is 1.58. The molecular weight excluding hydrogens is 1060 g/mol. The average molecular weight is 1160 g/mol. The fraction of sp³-hybridized carbons (Fsp3) is 0.667. The molecule has 17 heteroatoms. The number of aliphatic hydroxyl groups is 1. The van der Waals surface area contributed by atoms with Crippen molar-refractivity contribution in [1.82, 2.24) is 5.32 Å². The van der Waals surface area contributed by atoms with Crippen LogP contribution in [0.15, 0.2) is 77.9 Å². The van der Waals surface area contributed by atoms with Crippen LogP contribution in [0.3, 0.4) is 0 Å². The lowest BCUT2D eigenvalue weighted by Gasteiger charge is -2.68. The number of hydrogen-bond donors (Lipinski definition) is 2. The number of benzene rings is 2. The molecular formula is C63H95NO13Si3. The number of carbonyl (C=O) groups is 5. The zero-order valence-electron chi connectivity index (χ0n) is 51.0. The molecule has 442 valence electrons. The van der Waals surface area contributed by atoms with Gasteiger partial charge in [0.25, 0.3) is 0 Å². The maximum Gasteiger partial charge on any atom is 0.338 e. The highest BCUT2D eigenvalue weighted by molar-refractivity contribution is 6.74. The van der Waals surface area contributed by atoms with Crippen LogP contribution in [0.1, 0.15) is 157 Å². The molecule has 2 aromatic carbocycles. The molecule has 2 saturated carbocycles. The summed E-state index contributed by atoms with van der Waals surface area (Å²) >= 11 is 0. The Bertz CT molecular complexity index is 2620. The fourth-order valence-corrected chi connectivity index (χ4v) is 20.6. The van der Waals surface area contributed by atoms with E-state index in [1.807, 2.05) is 95.4 Å². The third-order valence-corrected chi connectivity index (χ3v) is 34.2.